The van der Waals surface area contributed by atoms with E-state index in [9.17, 15) is 9.59 Å². The van der Waals surface area contributed by atoms with Crippen molar-refractivity contribution in [1.29, 1.82) is 0 Å². The molecule has 0 saturated carbocycles. The van der Waals surface area contributed by atoms with E-state index < -0.39 is 0 Å². The molecule has 1 heterocycles. The third-order valence-corrected chi connectivity index (χ3v) is 5.56. The molecule has 0 saturated heterocycles. The molecule has 1 aliphatic rings. The third kappa shape index (κ3) is 5.55. The fraction of sp³-hybridized carbons (Fsp3) is 0.417. The summed E-state index contributed by atoms with van der Waals surface area (Å²) in [6.45, 7) is 3.56. The van der Waals surface area contributed by atoms with E-state index in [0.717, 1.165) is 29.7 Å². The summed E-state index contributed by atoms with van der Waals surface area (Å²) in [6, 6.07) is 11.7. The quantitative estimate of drug-likeness (QED) is 0.704. The Labute approximate surface area is 183 Å². The van der Waals surface area contributed by atoms with Crippen molar-refractivity contribution < 1.29 is 19.1 Å². The first-order valence-electron chi connectivity index (χ1n) is 10.5. The van der Waals surface area contributed by atoms with Gasteiger partial charge in [0.25, 0.3) is 0 Å². The van der Waals surface area contributed by atoms with E-state index >= 15 is 0 Å². The lowest BCUT2D eigenvalue weighted by Gasteiger charge is -2.31. The van der Waals surface area contributed by atoms with E-state index in [0.29, 0.717) is 24.6 Å². The summed E-state index contributed by atoms with van der Waals surface area (Å²) in [4.78, 5) is 28.8. The third-order valence-electron chi connectivity index (χ3n) is 5.56. The summed E-state index contributed by atoms with van der Waals surface area (Å²) in [6.07, 6.45) is 1.61. The Morgan fingerprint density at radius 2 is 1.74 bits per heavy atom. The van der Waals surface area contributed by atoms with Gasteiger partial charge in [-0.1, -0.05) is 25.1 Å². The number of carbonyl (C=O) groups excluding carboxylic acids is 2. The van der Waals surface area contributed by atoms with Crippen molar-refractivity contribution in [3.63, 3.8) is 0 Å². The number of likely N-dealkylation sites (N-methyl/N-ethyl adjacent to an activating group) is 1. The lowest BCUT2D eigenvalue weighted by Crippen LogP contribution is -2.43. The Morgan fingerprint density at radius 3 is 2.42 bits per heavy atom. The van der Waals surface area contributed by atoms with Crippen LogP contribution in [0.1, 0.15) is 23.6 Å². The van der Waals surface area contributed by atoms with Gasteiger partial charge in [0, 0.05) is 18.8 Å². The number of rotatable bonds is 8. The average Bonchev–Trinajstić information content (AvgIpc) is 2.77. The number of aryl methyl sites for hydroxylation is 1. The maximum absolute atomic E-state index is 12.8. The molecule has 2 aromatic rings. The lowest BCUT2D eigenvalue weighted by atomic mass is 9.98. The molecule has 0 atom stereocenters. The van der Waals surface area contributed by atoms with E-state index in [2.05, 4.69) is 12.2 Å². The fourth-order valence-electron chi connectivity index (χ4n) is 3.87. The van der Waals surface area contributed by atoms with Crippen LogP contribution >= 0.6 is 0 Å². The minimum Gasteiger partial charge on any atom is -0.493 e. The first kappa shape index (κ1) is 22.6. The molecular formula is C24H31N3O4. The number of nitrogens with zero attached hydrogens (tertiary/aromatic N) is 2. The standard InChI is InChI=1S/C24H31N3O4/c1-5-17-8-6-7-9-20(17)25-23(28)15-26(2)16-24(29)27-11-10-18-12-21(30-3)22(31-4)13-19(18)14-27/h6-9,12-13H,5,10-11,14-16H2,1-4H3,(H,25,28). The lowest BCUT2D eigenvalue weighted by molar-refractivity contribution is -0.133. The van der Waals surface area contributed by atoms with Gasteiger partial charge in [0.2, 0.25) is 11.8 Å². The zero-order chi connectivity index (χ0) is 22.4. The molecule has 0 fully saturated rings. The molecule has 0 bridgehead atoms. The number of hydrogen-bond acceptors (Lipinski definition) is 5. The number of nitrogens with one attached hydrogen (secondary N) is 1. The van der Waals surface area contributed by atoms with Gasteiger partial charge in [-0.2, -0.15) is 0 Å². The van der Waals surface area contributed by atoms with Crippen LogP contribution < -0.4 is 14.8 Å². The van der Waals surface area contributed by atoms with Crippen LogP contribution in [0.5, 0.6) is 11.5 Å². The highest BCUT2D eigenvalue weighted by atomic mass is 16.5. The number of anilines is 1. The fourth-order valence-corrected chi connectivity index (χ4v) is 3.87. The van der Waals surface area contributed by atoms with Crippen molar-refractivity contribution in [2.24, 2.45) is 0 Å². The average molecular weight is 426 g/mol. The molecule has 2 amide bonds. The van der Waals surface area contributed by atoms with Crippen molar-refractivity contribution in [3.8, 4) is 11.5 Å². The van der Waals surface area contributed by atoms with Crippen LogP contribution in [-0.4, -0.2) is 62.5 Å². The molecule has 31 heavy (non-hydrogen) atoms. The molecule has 2 aromatic carbocycles. The predicted molar refractivity (Wildman–Crippen MR) is 121 cm³/mol. The smallest absolute Gasteiger partial charge is 0.238 e. The molecule has 7 heteroatoms. The number of methoxy groups -OCH3 is 2. The maximum atomic E-state index is 12.8. The Balaban J connectivity index is 1.56. The van der Waals surface area contributed by atoms with Gasteiger partial charge in [0.05, 0.1) is 27.3 Å². The number of para-hydroxylation sites is 1. The van der Waals surface area contributed by atoms with Gasteiger partial charge in [-0.05, 0) is 54.8 Å². The molecule has 0 aliphatic carbocycles. The summed E-state index contributed by atoms with van der Waals surface area (Å²) in [5.41, 5.74) is 4.15. The van der Waals surface area contributed by atoms with Gasteiger partial charge in [0.15, 0.2) is 11.5 Å². The van der Waals surface area contributed by atoms with Crippen LogP contribution in [0, 0.1) is 0 Å². The molecule has 0 aromatic heterocycles. The Hall–Kier alpha value is -3.06. The molecule has 0 spiro atoms. The van der Waals surface area contributed by atoms with Crippen LogP contribution in [0.15, 0.2) is 36.4 Å². The van der Waals surface area contributed by atoms with E-state index in [4.69, 9.17) is 9.47 Å². The van der Waals surface area contributed by atoms with Crippen molar-refractivity contribution >= 4 is 17.5 Å². The summed E-state index contributed by atoms with van der Waals surface area (Å²) in [7, 11) is 5.01. The highest BCUT2D eigenvalue weighted by Crippen LogP contribution is 2.33. The minimum atomic E-state index is -0.128. The Kier molecular flexibility index (Phi) is 7.52. The van der Waals surface area contributed by atoms with Gasteiger partial charge in [-0.25, -0.2) is 0 Å². The number of benzene rings is 2. The van der Waals surface area contributed by atoms with E-state index in [-0.39, 0.29) is 24.9 Å². The minimum absolute atomic E-state index is 0.00435. The maximum Gasteiger partial charge on any atom is 0.238 e. The molecular weight excluding hydrogens is 394 g/mol. The van der Waals surface area contributed by atoms with Crippen molar-refractivity contribution in [3.05, 3.63) is 53.1 Å². The largest absolute Gasteiger partial charge is 0.493 e. The van der Waals surface area contributed by atoms with Crippen molar-refractivity contribution in [2.45, 2.75) is 26.3 Å². The van der Waals surface area contributed by atoms with Crippen LogP contribution in [0.25, 0.3) is 0 Å². The second kappa shape index (κ2) is 10.3. The molecule has 1 aliphatic heterocycles. The summed E-state index contributed by atoms with van der Waals surface area (Å²) < 4.78 is 10.8. The monoisotopic (exact) mass is 425 g/mol. The van der Waals surface area contributed by atoms with Crippen LogP contribution in [0.4, 0.5) is 5.69 Å². The highest BCUT2D eigenvalue weighted by molar-refractivity contribution is 5.93. The van der Waals surface area contributed by atoms with Gasteiger partial charge in [-0.3, -0.25) is 14.5 Å². The molecule has 0 radical (unpaired) electrons. The number of ether oxygens (including phenoxy) is 2. The first-order valence-corrected chi connectivity index (χ1v) is 10.5. The first-order chi connectivity index (χ1) is 14.9. The molecule has 0 unspecified atom stereocenters. The SMILES string of the molecule is CCc1ccccc1NC(=O)CN(C)CC(=O)N1CCc2cc(OC)c(OC)cc2C1. The normalized spacial score (nSPS) is 13.0. The molecule has 166 valence electrons. The molecule has 3 rings (SSSR count). The molecule has 1 N–H and O–H groups in total. The second-order valence-electron chi connectivity index (χ2n) is 7.77. The summed E-state index contributed by atoms with van der Waals surface area (Å²) >= 11 is 0. The summed E-state index contributed by atoms with van der Waals surface area (Å²) in [5.74, 6) is 1.25. The predicted octanol–water partition coefficient (Wildman–Crippen LogP) is 2.72. The van der Waals surface area contributed by atoms with Crippen molar-refractivity contribution in [1.82, 2.24) is 9.80 Å². The second-order valence-corrected chi connectivity index (χ2v) is 7.77. The number of fused-ring (bicyclic) bond motifs is 1. The Bertz CT molecular complexity index is 944. The number of carbonyl (C=O) groups is 2. The van der Waals surface area contributed by atoms with Crippen molar-refractivity contribution in [2.75, 3.05) is 46.2 Å². The zero-order valence-electron chi connectivity index (χ0n) is 18.7. The number of amides is 2. The topological polar surface area (TPSA) is 71.1 Å². The van der Waals surface area contributed by atoms with Gasteiger partial charge in [0.1, 0.15) is 0 Å². The van der Waals surface area contributed by atoms with E-state index in [1.165, 1.54) is 5.56 Å². The number of hydrogen-bond donors (Lipinski definition) is 1. The van der Waals surface area contributed by atoms with Gasteiger partial charge in [-0.15, -0.1) is 0 Å². The van der Waals surface area contributed by atoms with E-state index in [1.54, 1.807) is 26.2 Å². The van der Waals surface area contributed by atoms with Crippen LogP contribution in [0.2, 0.25) is 0 Å². The van der Waals surface area contributed by atoms with Gasteiger partial charge >= 0.3 is 0 Å². The van der Waals surface area contributed by atoms with Gasteiger partial charge < -0.3 is 19.7 Å². The zero-order valence-corrected chi connectivity index (χ0v) is 18.7. The van der Waals surface area contributed by atoms with Crippen LogP contribution in [0.3, 0.4) is 0 Å². The molecule has 7 nitrogen and oxygen atoms in total. The Morgan fingerprint density at radius 1 is 1.06 bits per heavy atom. The highest BCUT2D eigenvalue weighted by Gasteiger charge is 2.24. The van der Waals surface area contributed by atoms with E-state index in [1.807, 2.05) is 41.3 Å². The van der Waals surface area contributed by atoms with Crippen LogP contribution in [-0.2, 0) is 29.0 Å². The summed E-state index contributed by atoms with van der Waals surface area (Å²) in [5, 5.41) is 2.95.